The third kappa shape index (κ3) is 5.10. The minimum absolute atomic E-state index is 0.0277. The van der Waals surface area contributed by atoms with E-state index in [1.807, 2.05) is 53.4 Å². The van der Waals surface area contributed by atoms with E-state index in [1.54, 1.807) is 11.9 Å². The summed E-state index contributed by atoms with van der Waals surface area (Å²) in [6.07, 6.45) is 0.277. The van der Waals surface area contributed by atoms with Crippen molar-refractivity contribution in [2.75, 3.05) is 26.7 Å². The van der Waals surface area contributed by atoms with E-state index < -0.39 is 0 Å². The number of nitrogens with two attached hydrogens (primary N) is 1. The fraction of sp³-hybridized carbons (Fsp3) is 0.364. The minimum atomic E-state index is -0.183. The van der Waals surface area contributed by atoms with Crippen molar-refractivity contribution in [3.63, 3.8) is 0 Å². The first-order chi connectivity index (χ1) is 13.5. The van der Waals surface area contributed by atoms with Gasteiger partial charge in [0.2, 0.25) is 5.91 Å². The van der Waals surface area contributed by atoms with Crippen molar-refractivity contribution in [2.45, 2.75) is 24.9 Å². The predicted molar refractivity (Wildman–Crippen MR) is 110 cm³/mol. The number of rotatable bonds is 6. The summed E-state index contributed by atoms with van der Waals surface area (Å²) in [6, 6.07) is 19.6. The van der Waals surface area contributed by atoms with Gasteiger partial charge in [0.05, 0.1) is 0 Å². The number of likely N-dealkylation sites (tertiary alicyclic amines) is 1. The Hall–Kier alpha value is -2.86. The second-order valence-corrected chi connectivity index (χ2v) is 7.30. The molecule has 0 saturated carbocycles. The van der Waals surface area contributed by atoms with Gasteiger partial charge in [0.1, 0.15) is 0 Å². The maximum absolute atomic E-state index is 12.5. The summed E-state index contributed by atoms with van der Waals surface area (Å²) in [4.78, 5) is 28.1. The van der Waals surface area contributed by atoms with Gasteiger partial charge < -0.3 is 20.9 Å². The van der Waals surface area contributed by atoms with E-state index in [2.05, 4.69) is 17.4 Å². The second kappa shape index (κ2) is 9.37. The van der Waals surface area contributed by atoms with Crippen LogP contribution in [-0.2, 0) is 11.3 Å². The molecule has 148 valence electrons. The van der Waals surface area contributed by atoms with Crippen LogP contribution in [0.1, 0.15) is 23.5 Å². The van der Waals surface area contributed by atoms with Crippen LogP contribution in [0.5, 0.6) is 0 Å². The van der Waals surface area contributed by atoms with E-state index >= 15 is 0 Å². The molecule has 1 aliphatic heterocycles. The Kier molecular flexibility index (Phi) is 6.66. The first kappa shape index (κ1) is 19.9. The number of urea groups is 1. The van der Waals surface area contributed by atoms with Crippen LogP contribution in [0.3, 0.4) is 0 Å². The number of hydrogen-bond acceptors (Lipinski definition) is 3. The monoisotopic (exact) mass is 380 g/mol. The highest BCUT2D eigenvalue weighted by Gasteiger charge is 2.33. The number of carbonyl (C=O) groups is 2. The fourth-order valence-electron chi connectivity index (χ4n) is 3.58. The zero-order valence-electron chi connectivity index (χ0n) is 16.3. The Labute approximate surface area is 166 Å². The highest BCUT2D eigenvalue weighted by molar-refractivity contribution is 5.78. The van der Waals surface area contributed by atoms with Gasteiger partial charge in [-0.2, -0.15) is 0 Å². The normalized spacial score (nSPS) is 18.7. The SMILES string of the molecule is CN(Cc1ccccc1)C(=O)NCCC(=O)N1C[C@@H](N)[C@H](c2ccccc2)C1. The van der Waals surface area contributed by atoms with Crippen LogP contribution in [-0.4, -0.2) is 54.5 Å². The van der Waals surface area contributed by atoms with Crippen LogP contribution in [0, 0.1) is 0 Å². The van der Waals surface area contributed by atoms with Crippen molar-refractivity contribution in [2.24, 2.45) is 5.73 Å². The number of benzene rings is 2. The quantitative estimate of drug-likeness (QED) is 0.806. The molecule has 0 bridgehead atoms. The van der Waals surface area contributed by atoms with Gasteiger partial charge in [-0.05, 0) is 11.1 Å². The lowest BCUT2D eigenvalue weighted by Crippen LogP contribution is -2.39. The van der Waals surface area contributed by atoms with Crippen molar-refractivity contribution in [1.29, 1.82) is 0 Å². The Morgan fingerprint density at radius 3 is 2.39 bits per heavy atom. The average Bonchev–Trinajstić information content (AvgIpc) is 3.11. The average molecular weight is 380 g/mol. The Morgan fingerprint density at radius 1 is 1.07 bits per heavy atom. The van der Waals surface area contributed by atoms with Crippen LogP contribution in [0.15, 0.2) is 60.7 Å². The van der Waals surface area contributed by atoms with Gasteiger partial charge in [0, 0.05) is 51.6 Å². The molecule has 0 aromatic heterocycles. The minimum Gasteiger partial charge on any atom is -0.340 e. The molecule has 2 aromatic rings. The van der Waals surface area contributed by atoms with Crippen LogP contribution in [0.4, 0.5) is 4.79 Å². The summed E-state index contributed by atoms with van der Waals surface area (Å²) in [7, 11) is 1.74. The summed E-state index contributed by atoms with van der Waals surface area (Å²) in [5.41, 5.74) is 8.49. The summed E-state index contributed by atoms with van der Waals surface area (Å²) in [5, 5.41) is 2.82. The third-order valence-electron chi connectivity index (χ3n) is 5.17. The molecule has 1 aliphatic rings. The smallest absolute Gasteiger partial charge is 0.317 e. The summed E-state index contributed by atoms with van der Waals surface area (Å²) in [5.74, 6) is 0.191. The van der Waals surface area contributed by atoms with Gasteiger partial charge in [-0.25, -0.2) is 4.79 Å². The largest absolute Gasteiger partial charge is 0.340 e. The molecular weight excluding hydrogens is 352 g/mol. The summed E-state index contributed by atoms with van der Waals surface area (Å²) >= 11 is 0. The zero-order valence-corrected chi connectivity index (χ0v) is 16.3. The maximum atomic E-state index is 12.5. The highest BCUT2D eigenvalue weighted by Crippen LogP contribution is 2.26. The van der Waals surface area contributed by atoms with Crippen molar-refractivity contribution in [3.05, 3.63) is 71.8 Å². The molecule has 3 N–H and O–H groups in total. The third-order valence-corrected chi connectivity index (χ3v) is 5.17. The molecule has 1 fully saturated rings. The molecule has 6 nitrogen and oxygen atoms in total. The molecule has 0 aliphatic carbocycles. The number of hydrogen-bond donors (Lipinski definition) is 2. The Balaban J connectivity index is 1.42. The predicted octanol–water partition coefficient (Wildman–Crippen LogP) is 2.17. The van der Waals surface area contributed by atoms with Crippen LogP contribution >= 0.6 is 0 Å². The first-order valence-electron chi connectivity index (χ1n) is 9.66. The molecule has 1 heterocycles. The van der Waals surface area contributed by atoms with E-state index in [0.29, 0.717) is 26.2 Å². The van der Waals surface area contributed by atoms with E-state index in [1.165, 1.54) is 5.56 Å². The lowest BCUT2D eigenvalue weighted by atomic mass is 9.95. The van der Waals surface area contributed by atoms with Gasteiger partial charge in [-0.1, -0.05) is 60.7 Å². The number of carbonyl (C=O) groups excluding carboxylic acids is 2. The highest BCUT2D eigenvalue weighted by atomic mass is 16.2. The molecule has 2 atom stereocenters. The van der Waals surface area contributed by atoms with E-state index in [4.69, 9.17) is 5.73 Å². The van der Waals surface area contributed by atoms with Crippen LogP contribution in [0.25, 0.3) is 0 Å². The Morgan fingerprint density at radius 2 is 1.71 bits per heavy atom. The van der Waals surface area contributed by atoms with Crippen molar-refractivity contribution in [1.82, 2.24) is 15.1 Å². The van der Waals surface area contributed by atoms with Crippen molar-refractivity contribution in [3.8, 4) is 0 Å². The molecule has 0 spiro atoms. The first-order valence-corrected chi connectivity index (χ1v) is 9.66. The van der Waals surface area contributed by atoms with Gasteiger partial charge in [0.25, 0.3) is 0 Å². The zero-order chi connectivity index (χ0) is 19.9. The molecule has 0 unspecified atom stereocenters. The second-order valence-electron chi connectivity index (χ2n) is 7.30. The molecular formula is C22H28N4O2. The maximum Gasteiger partial charge on any atom is 0.317 e. The summed E-state index contributed by atoms with van der Waals surface area (Å²) < 4.78 is 0. The molecule has 2 aromatic carbocycles. The van der Waals surface area contributed by atoms with Crippen LogP contribution in [0.2, 0.25) is 0 Å². The van der Waals surface area contributed by atoms with E-state index in [0.717, 1.165) is 5.56 Å². The standard InChI is InChI=1S/C22H28N4O2/c1-25(14-17-8-4-2-5-9-17)22(28)24-13-12-21(27)26-15-19(20(23)16-26)18-10-6-3-7-11-18/h2-11,19-20H,12-16,23H2,1H3,(H,24,28)/t19-,20+/m0/s1. The fourth-order valence-corrected chi connectivity index (χ4v) is 3.58. The lowest BCUT2D eigenvalue weighted by molar-refractivity contribution is -0.130. The van der Waals surface area contributed by atoms with Gasteiger partial charge in [0.15, 0.2) is 0 Å². The molecule has 3 rings (SSSR count). The van der Waals surface area contributed by atoms with Crippen molar-refractivity contribution >= 4 is 11.9 Å². The molecule has 28 heavy (non-hydrogen) atoms. The van der Waals surface area contributed by atoms with Gasteiger partial charge >= 0.3 is 6.03 Å². The lowest BCUT2D eigenvalue weighted by Gasteiger charge is -2.19. The van der Waals surface area contributed by atoms with Crippen LogP contribution < -0.4 is 11.1 Å². The summed E-state index contributed by atoms with van der Waals surface area (Å²) in [6.45, 7) is 2.03. The molecule has 6 heteroatoms. The number of amides is 3. The van der Waals surface area contributed by atoms with Crippen molar-refractivity contribution < 1.29 is 9.59 Å². The van der Waals surface area contributed by atoms with Gasteiger partial charge in [-0.15, -0.1) is 0 Å². The number of nitrogens with zero attached hydrogens (tertiary/aromatic N) is 2. The Bertz CT molecular complexity index is 782. The molecule has 3 amide bonds. The molecule has 1 saturated heterocycles. The van der Waals surface area contributed by atoms with E-state index in [9.17, 15) is 9.59 Å². The van der Waals surface area contributed by atoms with Gasteiger partial charge in [-0.3, -0.25) is 4.79 Å². The van der Waals surface area contributed by atoms with E-state index in [-0.39, 0.29) is 30.3 Å². The number of nitrogens with one attached hydrogen (secondary N) is 1. The molecule has 0 radical (unpaired) electrons. The topological polar surface area (TPSA) is 78.7 Å².